The number of alkyl halides is 3. The molecule has 0 radical (unpaired) electrons. The van der Waals surface area contributed by atoms with Gasteiger partial charge in [-0.3, -0.25) is 4.79 Å². The molecule has 1 heterocycles. The number of fused-ring (bicyclic) bond motifs is 1. The molecule has 0 spiro atoms. The Kier molecular flexibility index (Phi) is 6.57. The first-order valence-corrected chi connectivity index (χ1v) is 12.5. The molecule has 1 aliphatic carbocycles. The van der Waals surface area contributed by atoms with Crippen LogP contribution in [0, 0.1) is 5.92 Å². The summed E-state index contributed by atoms with van der Waals surface area (Å²) >= 11 is 0. The van der Waals surface area contributed by atoms with Crippen LogP contribution in [0.25, 0.3) is 11.1 Å². The van der Waals surface area contributed by atoms with Crippen molar-refractivity contribution < 1.29 is 32.7 Å². The van der Waals surface area contributed by atoms with Crippen molar-refractivity contribution >= 4 is 29.3 Å². The minimum absolute atomic E-state index is 0.00692. The lowest BCUT2D eigenvalue weighted by atomic mass is 9.86. The van der Waals surface area contributed by atoms with E-state index in [4.69, 9.17) is 0 Å². The molecule has 3 amide bonds. The van der Waals surface area contributed by atoms with Crippen molar-refractivity contribution in [2.45, 2.75) is 44.4 Å². The van der Waals surface area contributed by atoms with E-state index >= 15 is 0 Å². The summed E-state index contributed by atoms with van der Waals surface area (Å²) in [6.45, 7) is 2.15. The van der Waals surface area contributed by atoms with Crippen LogP contribution >= 0.6 is 0 Å². The van der Waals surface area contributed by atoms with Gasteiger partial charge >= 0.3 is 18.2 Å². The highest BCUT2D eigenvalue weighted by Crippen LogP contribution is 2.44. The van der Waals surface area contributed by atoms with Crippen molar-refractivity contribution in [1.29, 1.82) is 0 Å². The molecule has 3 N–H and O–H groups in total. The van der Waals surface area contributed by atoms with Gasteiger partial charge in [0.2, 0.25) is 0 Å². The Morgan fingerprint density at radius 2 is 1.67 bits per heavy atom. The molecule has 5 rings (SSSR count). The predicted octanol–water partition coefficient (Wildman–Crippen LogP) is 6.62. The normalized spacial score (nSPS) is 20.6. The molecule has 3 aromatic rings. The van der Waals surface area contributed by atoms with Gasteiger partial charge in [-0.2, -0.15) is 13.2 Å². The maximum absolute atomic E-state index is 13.4. The Hall–Kier alpha value is -4.34. The second-order valence-corrected chi connectivity index (χ2v) is 10.0. The lowest BCUT2D eigenvalue weighted by Gasteiger charge is -2.38. The van der Waals surface area contributed by atoms with E-state index in [1.54, 1.807) is 30.3 Å². The average Bonchev–Trinajstić information content (AvgIpc) is 3.44. The van der Waals surface area contributed by atoms with Crippen molar-refractivity contribution in [3.8, 4) is 11.1 Å². The summed E-state index contributed by atoms with van der Waals surface area (Å²) in [7, 11) is 0. The molecule has 2 atom stereocenters. The molecule has 2 aliphatic rings. The zero-order valence-electron chi connectivity index (χ0n) is 21.0. The van der Waals surface area contributed by atoms with E-state index in [-0.39, 0.29) is 24.1 Å². The number of hydrogen-bond acceptors (Lipinski definition) is 3. The van der Waals surface area contributed by atoms with Crippen LogP contribution in [0.2, 0.25) is 0 Å². The van der Waals surface area contributed by atoms with Gasteiger partial charge in [0, 0.05) is 23.5 Å². The van der Waals surface area contributed by atoms with Crippen LogP contribution in [-0.4, -0.2) is 33.5 Å². The Morgan fingerprint density at radius 3 is 2.31 bits per heavy atom. The summed E-state index contributed by atoms with van der Waals surface area (Å²) in [6, 6.07) is 15.9. The Labute approximate surface area is 222 Å². The monoisotopic (exact) mass is 537 g/mol. The quantitative estimate of drug-likeness (QED) is 0.341. The molecule has 7 nitrogen and oxygen atoms in total. The van der Waals surface area contributed by atoms with Crippen molar-refractivity contribution in [2.75, 3.05) is 10.6 Å². The number of aliphatic carboxylic acids is 1. The smallest absolute Gasteiger partial charge is 0.416 e. The first-order chi connectivity index (χ1) is 18.5. The number of urea groups is 1. The molecular formula is C29H26F3N3O4. The summed E-state index contributed by atoms with van der Waals surface area (Å²) in [5.41, 5.74) is 1.16. The first-order valence-electron chi connectivity index (χ1n) is 12.5. The summed E-state index contributed by atoms with van der Waals surface area (Å²) in [6.07, 6.45) is -2.56. The lowest BCUT2D eigenvalue weighted by molar-refractivity contribution is -0.152. The highest BCUT2D eigenvalue weighted by Gasteiger charge is 2.55. The SMILES string of the molecule is CC1CCCC1(C(=O)O)N1Cc2ccc(-c3ccc(NC(=O)Nc4cccc(C(F)(F)F)c4)cc3)cc2C1=O. The molecular weight excluding hydrogens is 511 g/mol. The molecule has 0 bridgehead atoms. The number of carbonyl (C=O) groups excluding carboxylic acids is 2. The minimum atomic E-state index is -4.52. The van der Waals surface area contributed by atoms with Crippen molar-refractivity contribution in [2.24, 2.45) is 5.92 Å². The molecule has 0 aromatic heterocycles. The molecule has 1 saturated carbocycles. The predicted molar refractivity (Wildman–Crippen MR) is 139 cm³/mol. The second-order valence-electron chi connectivity index (χ2n) is 10.0. The van der Waals surface area contributed by atoms with E-state index in [0.29, 0.717) is 17.7 Å². The number of halogens is 3. The van der Waals surface area contributed by atoms with E-state index in [1.165, 1.54) is 17.0 Å². The van der Waals surface area contributed by atoms with Gasteiger partial charge in [0.05, 0.1) is 5.56 Å². The third-order valence-corrected chi connectivity index (χ3v) is 7.70. The van der Waals surface area contributed by atoms with Gasteiger partial charge in [-0.15, -0.1) is 0 Å². The maximum atomic E-state index is 13.4. The summed E-state index contributed by atoms with van der Waals surface area (Å²) in [5, 5.41) is 15.0. The number of hydrogen-bond donors (Lipinski definition) is 3. The van der Waals surface area contributed by atoms with E-state index in [2.05, 4.69) is 10.6 Å². The van der Waals surface area contributed by atoms with Gasteiger partial charge in [0.15, 0.2) is 0 Å². The van der Waals surface area contributed by atoms with E-state index in [0.717, 1.165) is 41.7 Å². The van der Waals surface area contributed by atoms with Crippen molar-refractivity contribution in [3.05, 3.63) is 83.4 Å². The van der Waals surface area contributed by atoms with Gasteiger partial charge in [0.25, 0.3) is 5.91 Å². The Balaban J connectivity index is 1.29. The van der Waals surface area contributed by atoms with Crippen molar-refractivity contribution in [1.82, 2.24) is 4.90 Å². The molecule has 2 unspecified atom stereocenters. The van der Waals surface area contributed by atoms with Crippen LogP contribution in [0.1, 0.15) is 47.7 Å². The highest BCUT2D eigenvalue weighted by molar-refractivity contribution is 6.03. The molecule has 0 saturated heterocycles. The molecule has 1 aliphatic heterocycles. The highest BCUT2D eigenvalue weighted by atomic mass is 19.4. The summed E-state index contributed by atoms with van der Waals surface area (Å²) in [5.74, 6) is -1.39. The number of carbonyl (C=O) groups is 3. The second kappa shape index (κ2) is 9.76. The molecule has 39 heavy (non-hydrogen) atoms. The van der Waals surface area contributed by atoms with E-state index in [9.17, 15) is 32.7 Å². The number of carboxylic acid groups (broad SMARTS) is 1. The van der Waals surface area contributed by atoms with Gasteiger partial charge < -0.3 is 20.6 Å². The topological polar surface area (TPSA) is 98.7 Å². The number of nitrogens with zero attached hydrogens (tertiary/aromatic N) is 1. The van der Waals surface area contributed by atoms with Crippen molar-refractivity contribution in [3.63, 3.8) is 0 Å². The van der Waals surface area contributed by atoms with Gasteiger partial charge in [0.1, 0.15) is 5.54 Å². The van der Waals surface area contributed by atoms with Crippen LogP contribution in [0.5, 0.6) is 0 Å². The number of benzene rings is 3. The summed E-state index contributed by atoms with van der Waals surface area (Å²) < 4.78 is 38.7. The summed E-state index contributed by atoms with van der Waals surface area (Å²) in [4.78, 5) is 39.5. The van der Waals surface area contributed by atoms with Crippen LogP contribution < -0.4 is 10.6 Å². The molecule has 10 heteroatoms. The Morgan fingerprint density at radius 1 is 0.974 bits per heavy atom. The Bertz CT molecular complexity index is 1450. The number of rotatable bonds is 5. The molecule has 202 valence electrons. The first kappa shape index (κ1) is 26.3. The largest absolute Gasteiger partial charge is 0.479 e. The molecule has 3 aromatic carbocycles. The number of carboxylic acids is 1. The third kappa shape index (κ3) is 4.82. The van der Waals surface area contributed by atoms with Gasteiger partial charge in [-0.25, -0.2) is 9.59 Å². The fraction of sp³-hybridized carbons (Fsp3) is 0.276. The fourth-order valence-corrected chi connectivity index (χ4v) is 5.61. The van der Waals surface area contributed by atoms with Gasteiger partial charge in [-0.05, 0) is 71.8 Å². The van der Waals surface area contributed by atoms with Gasteiger partial charge in [-0.1, -0.05) is 43.7 Å². The molecule has 1 fully saturated rings. The number of nitrogens with one attached hydrogen (secondary N) is 2. The maximum Gasteiger partial charge on any atom is 0.416 e. The zero-order chi connectivity index (χ0) is 27.9. The van der Waals surface area contributed by atoms with Crippen LogP contribution in [-0.2, 0) is 17.5 Å². The number of anilines is 2. The third-order valence-electron chi connectivity index (χ3n) is 7.70. The average molecular weight is 538 g/mol. The standard InChI is InChI=1S/C29H26F3N3O4/c1-17-4-3-13-28(17,26(37)38)35-16-20-8-7-19(14-24(20)25(35)36)18-9-11-22(12-10-18)33-27(39)34-23-6-2-5-21(15-23)29(30,31)32/h2,5-12,14-15,17H,3-4,13,16H2,1H3,(H,37,38)(H2,33,34,39). The van der Waals surface area contributed by atoms with Crippen LogP contribution in [0.3, 0.4) is 0 Å². The fourth-order valence-electron chi connectivity index (χ4n) is 5.61. The van der Waals surface area contributed by atoms with E-state index in [1.807, 2.05) is 19.1 Å². The lowest BCUT2D eigenvalue weighted by Crippen LogP contribution is -2.56. The van der Waals surface area contributed by atoms with Crippen LogP contribution in [0.15, 0.2) is 66.7 Å². The minimum Gasteiger partial charge on any atom is -0.479 e. The van der Waals surface area contributed by atoms with Crippen LogP contribution in [0.4, 0.5) is 29.3 Å². The van der Waals surface area contributed by atoms with E-state index < -0.39 is 29.3 Å². The number of amides is 3. The zero-order valence-corrected chi connectivity index (χ0v) is 21.0.